The highest BCUT2D eigenvalue weighted by atomic mass is 16.5. The normalized spacial score (nSPS) is 14.8. The van der Waals surface area contributed by atoms with Crippen molar-refractivity contribution in [1.29, 1.82) is 0 Å². The quantitative estimate of drug-likeness (QED) is 0.670. The summed E-state index contributed by atoms with van der Waals surface area (Å²) < 4.78 is 12.4. The van der Waals surface area contributed by atoms with Crippen LogP contribution in [0.15, 0.2) is 18.2 Å². The van der Waals surface area contributed by atoms with Crippen LogP contribution in [0.4, 0.5) is 5.69 Å². The number of fused-ring (bicyclic) bond motifs is 1. The molecule has 9 nitrogen and oxygen atoms in total. The van der Waals surface area contributed by atoms with Crippen molar-refractivity contribution in [3.05, 3.63) is 35.5 Å². The first-order chi connectivity index (χ1) is 14.9. The average molecular weight is 425 g/mol. The molecule has 2 N–H and O–H groups in total. The number of methoxy groups -OCH3 is 2. The molecule has 0 spiro atoms. The van der Waals surface area contributed by atoms with E-state index in [-0.39, 0.29) is 18.4 Å². The van der Waals surface area contributed by atoms with Crippen LogP contribution in [-0.2, 0) is 11.3 Å². The van der Waals surface area contributed by atoms with Crippen molar-refractivity contribution < 1.29 is 14.3 Å². The molecule has 1 fully saturated rings. The SMILES string of the molecule is COc1cc2cc(N)c(C3CCN(C(=O)Cn4nc(C)nc4C)CC3)nc2cc1OC. The second-order valence-electron chi connectivity index (χ2n) is 7.88. The van der Waals surface area contributed by atoms with E-state index in [0.717, 1.165) is 35.3 Å². The van der Waals surface area contributed by atoms with Crippen LogP contribution in [0.2, 0.25) is 0 Å². The number of piperidine rings is 1. The topological polar surface area (TPSA) is 108 Å². The molecule has 1 amide bonds. The zero-order valence-corrected chi connectivity index (χ0v) is 18.4. The Morgan fingerprint density at radius 1 is 1.10 bits per heavy atom. The first kappa shape index (κ1) is 20.9. The highest BCUT2D eigenvalue weighted by molar-refractivity contribution is 5.86. The van der Waals surface area contributed by atoms with Gasteiger partial charge in [0.1, 0.15) is 18.2 Å². The highest BCUT2D eigenvalue weighted by Crippen LogP contribution is 2.36. The number of nitrogen functional groups attached to an aromatic ring is 1. The van der Waals surface area contributed by atoms with Crippen LogP contribution < -0.4 is 15.2 Å². The lowest BCUT2D eigenvalue weighted by atomic mass is 9.91. The lowest BCUT2D eigenvalue weighted by Crippen LogP contribution is -2.40. The summed E-state index contributed by atoms with van der Waals surface area (Å²) in [5.74, 6) is 2.97. The van der Waals surface area contributed by atoms with E-state index in [1.54, 1.807) is 18.9 Å². The minimum Gasteiger partial charge on any atom is -0.493 e. The first-order valence-electron chi connectivity index (χ1n) is 10.4. The summed E-state index contributed by atoms with van der Waals surface area (Å²) >= 11 is 0. The van der Waals surface area contributed by atoms with Crippen LogP contribution in [0.25, 0.3) is 10.9 Å². The maximum atomic E-state index is 12.7. The molecule has 1 saturated heterocycles. The minimum atomic E-state index is 0.0581. The van der Waals surface area contributed by atoms with Crippen molar-refractivity contribution in [3.63, 3.8) is 0 Å². The number of ether oxygens (including phenoxy) is 2. The van der Waals surface area contributed by atoms with Crippen molar-refractivity contribution in [2.24, 2.45) is 0 Å². The summed E-state index contributed by atoms with van der Waals surface area (Å²) in [4.78, 5) is 23.7. The fourth-order valence-corrected chi connectivity index (χ4v) is 4.20. The van der Waals surface area contributed by atoms with Gasteiger partial charge in [-0.2, -0.15) is 5.10 Å². The third-order valence-corrected chi connectivity index (χ3v) is 5.86. The molecule has 0 atom stereocenters. The van der Waals surface area contributed by atoms with E-state index >= 15 is 0 Å². The third-order valence-electron chi connectivity index (χ3n) is 5.86. The Bertz CT molecular complexity index is 1120. The van der Waals surface area contributed by atoms with Crippen LogP contribution in [-0.4, -0.2) is 57.9 Å². The number of anilines is 1. The van der Waals surface area contributed by atoms with Gasteiger partial charge in [0.25, 0.3) is 0 Å². The number of amides is 1. The molecule has 4 rings (SSSR count). The fraction of sp³-hybridized carbons (Fsp3) is 0.455. The van der Waals surface area contributed by atoms with Gasteiger partial charge >= 0.3 is 0 Å². The molecule has 2 aromatic heterocycles. The van der Waals surface area contributed by atoms with Gasteiger partial charge in [-0.1, -0.05) is 0 Å². The van der Waals surface area contributed by atoms with Crippen LogP contribution in [0.3, 0.4) is 0 Å². The molecule has 0 radical (unpaired) electrons. The van der Waals surface area contributed by atoms with E-state index in [2.05, 4.69) is 10.1 Å². The third kappa shape index (κ3) is 4.12. The Balaban J connectivity index is 1.48. The van der Waals surface area contributed by atoms with Crippen LogP contribution in [0.1, 0.15) is 36.1 Å². The van der Waals surface area contributed by atoms with Crippen LogP contribution >= 0.6 is 0 Å². The van der Waals surface area contributed by atoms with E-state index in [1.807, 2.05) is 36.9 Å². The van der Waals surface area contributed by atoms with E-state index in [0.29, 0.717) is 36.1 Å². The van der Waals surface area contributed by atoms with Crippen molar-refractivity contribution in [1.82, 2.24) is 24.6 Å². The molecule has 1 aromatic carbocycles. The number of aromatic nitrogens is 4. The van der Waals surface area contributed by atoms with Gasteiger partial charge in [-0.25, -0.2) is 9.67 Å². The summed E-state index contributed by atoms with van der Waals surface area (Å²) in [6, 6.07) is 5.70. The Morgan fingerprint density at radius 3 is 2.39 bits per heavy atom. The Hall–Kier alpha value is -3.36. The van der Waals surface area contributed by atoms with Crippen molar-refractivity contribution >= 4 is 22.5 Å². The van der Waals surface area contributed by atoms with Gasteiger partial charge in [0.05, 0.1) is 31.1 Å². The number of nitrogens with two attached hydrogens (primary N) is 1. The number of carbonyl (C=O) groups is 1. The molecular formula is C22H28N6O3. The molecule has 0 aliphatic carbocycles. The Morgan fingerprint density at radius 2 is 1.77 bits per heavy atom. The van der Waals surface area contributed by atoms with Gasteiger partial charge in [0.2, 0.25) is 5.91 Å². The fourth-order valence-electron chi connectivity index (χ4n) is 4.20. The number of carbonyl (C=O) groups excluding carboxylic acids is 1. The summed E-state index contributed by atoms with van der Waals surface area (Å²) in [7, 11) is 3.21. The molecule has 9 heteroatoms. The average Bonchev–Trinajstić information content (AvgIpc) is 3.08. The summed E-state index contributed by atoms with van der Waals surface area (Å²) in [5.41, 5.74) is 8.73. The van der Waals surface area contributed by atoms with Crippen molar-refractivity contribution in [2.75, 3.05) is 33.0 Å². The van der Waals surface area contributed by atoms with Gasteiger partial charge in [0.15, 0.2) is 11.5 Å². The number of benzene rings is 1. The number of likely N-dealkylation sites (tertiary alicyclic amines) is 1. The number of hydrogen-bond acceptors (Lipinski definition) is 7. The smallest absolute Gasteiger partial charge is 0.244 e. The molecule has 3 aromatic rings. The lowest BCUT2D eigenvalue weighted by molar-refractivity contribution is -0.133. The molecular weight excluding hydrogens is 396 g/mol. The highest BCUT2D eigenvalue weighted by Gasteiger charge is 2.27. The van der Waals surface area contributed by atoms with Crippen LogP contribution in [0.5, 0.6) is 11.5 Å². The summed E-state index contributed by atoms with van der Waals surface area (Å²) in [5, 5.41) is 5.19. The summed E-state index contributed by atoms with van der Waals surface area (Å²) in [6.07, 6.45) is 1.63. The largest absolute Gasteiger partial charge is 0.493 e. The van der Waals surface area contributed by atoms with Gasteiger partial charge < -0.3 is 20.1 Å². The molecule has 1 aliphatic rings. The van der Waals surface area contributed by atoms with Gasteiger partial charge in [0, 0.05) is 30.5 Å². The van der Waals surface area contributed by atoms with Gasteiger partial charge in [-0.3, -0.25) is 9.78 Å². The number of aryl methyl sites for hydroxylation is 2. The maximum absolute atomic E-state index is 12.7. The summed E-state index contributed by atoms with van der Waals surface area (Å²) in [6.45, 7) is 5.24. The van der Waals surface area contributed by atoms with Gasteiger partial charge in [-0.15, -0.1) is 0 Å². The predicted molar refractivity (Wildman–Crippen MR) is 117 cm³/mol. The maximum Gasteiger partial charge on any atom is 0.244 e. The molecule has 1 aliphatic heterocycles. The minimum absolute atomic E-state index is 0.0581. The molecule has 31 heavy (non-hydrogen) atoms. The molecule has 164 valence electrons. The Kier molecular flexibility index (Phi) is 5.67. The van der Waals surface area contributed by atoms with Crippen molar-refractivity contribution in [3.8, 4) is 11.5 Å². The molecule has 0 saturated carbocycles. The van der Waals surface area contributed by atoms with E-state index in [4.69, 9.17) is 20.2 Å². The molecule has 0 unspecified atom stereocenters. The second-order valence-corrected chi connectivity index (χ2v) is 7.88. The van der Waals surface area contributed by atoms with E-state index in [1.165, 1.54) is 0 Å². The monoisotopic (exact) mass is 424 g/mol. The molecule has 0 bridgehead atoms. The lowest BCUT2D eigenvalue weighted by Gasteiger charge is -2.32. The van der Waals surface area contributed by atoms with Crippen molar-refractivity contribution in [2.45, 2.75) is 39.2 Å². The zero-order valence-electron chi connectivity index (χ0n) is 18.4. The first-order valence-corrected chi connectivity index (χ1v) is 10.4. The van der Waals surface area contributed by atoms with E-state index < -0.39 is 0 Å². The molecule has 3 heterocycles. The Labute approximate surface area is 181 Å². The zero-order chi connectivity index (χ0) is 22.1. The number of nitrogens with zero attached hydrogens (tertiary/aromatic N) is 5. The van der Waals surface area contributed by atoms with E-state index in [9.17, 15) is 4.79 Å². The predicted octanol–water partition coefficient (Wildman–Crippen LogP) is 2.45. The number of pyridine rings is 1. The number of hydrogen-bond donors (Lipinski definition) is 1. The van der Waals surface area contributed by atoms with Crippen LogP contribution in [0, 0.1) is 13.8 Å². The standard InChI is InChI=1S/C22H28N6O3/c1-13-24-14(2)28(26-13)12-21(29)27-7-5-15(6-8-27)22-17(23)9-16-10-19(30-3)20(31-4)11-18(16)25-22/h9-11,15H,5-8,12,23H2,1-4H3. The van der Waals surface area contributed by atoms with Gasteiger partial charge in [-0.05, 0) is 38.8 Å². The number of rotatable bonds is 5. The second kappa shape index (κ2) is 8.41.